The van der Waals surface area contributed by atoms with Gasteiger partial charge in [0.15, 0.2) is 0 Å². The van der Waals surface area contributed by atoms with Crippen LogP contribution in [-0.2, 0) is 17.8 Å². The molecule has 0 radical (unpaired) electrons. The smallest absolute Gasteiger partial charge is 0.266 e. The van der Waals surface area contributed by atoms with E-state index in [1.54, 1.807) is 10.7 Å². The third-order valence-electron chi connectivity index (χ3n) is 5.85. The fourth-order valence-corrected chi connectivity index (χ4v) is 4.05. The highest BCUT2D eigenvalue weighted by Gasteiger charge is 2.32. The first-order valence-electron chi connectivity index (χ1n) is 10.00. The van der Waals surface area contributed by atoms with E-state index in [2.05, 4.69) is 23.3 Å². The summed E-state index contributed by atoms with van der Waals surface area (Å²) in [6.07, 6.45) is 2.76. The molecule has 5 nitrogen and oxygen atoms in total. The summed E-state index contributed by atoms with van der Waals surface area (Å²) in [5.74, 6) is 0.989. The van der Waals surface area contributed by atoms with Crippen LogP contribution in [0.4, 0.5) is 0 Å². The highest BCUT2D eigenvalue weighted by atomic mass is 16.2. The topological polar surface area (TPSA) is 55.2 Å². The minimum atomic E-state index is -0.0510. The molecule has 0 N–H and O–H groups in total. The van der Waals surface area contributed by atoms with Crippen LogP contribution < -0.4 is 5.56 Å². The molecule has 1 saturated heterocycles. The maximum absolute atomic E-state index is 12.7. The Kier molecular flexibility index (Phi) is 4.23. The summed E-state index contributed by atoms with van der Waals surface area (Å²) in [6.45, 7) is 1.99. The van der Waals surface area contributed by atoms with Gasteiger partial charge in [0.2, 0.25) is 5.91 Å². The summed E-state index contributed by atoms with van der Waals surface area (Å²) in [4.78, 5) is 26.7. The van der Waals surface area contributed by atoms with Gasteiger partial charge in [-0.05, 0) is 35.2 Å². The number of nitrogens with zero attached hydrogens (tertiary/aromatic N) is 3. The summed E-state index contributed by atoms with van der Waals surface area (Å²) in [7, 11) is 0. The van der Waals surface area contributed by atoms with Crippen LogP contribution in [0.15, 0.2) is 59.4 Å². The van der Waals surface area contributed by atoms with Crippen LogP contribution >= 0.6 is 0 Å². The van der Waals surface area contributed by atoms with Crippen molar-refractivity contribution in [1.82, 2.24) is 14.7 Å². The molecule has 0 unspecified atom stereocenters. The molecule has 1 aromatic heterocycles. The average Bonchev–Trinajstić information content (AvgIpc) is 3.51. The van der Waals surface area contributed by atoms with Crippen molar-refractivity contribution in [1.29, 1.82) is 0 Å². The molecule has 2 aromatic carbocycles. The SMILES string of the molecule is O=C(Cc1cccc2ccccc12)N1CC(Cn2nc(C3CC3)ccc2=O)C1. The normalized spacial score (nSPS) is 16.9. The second-order valence-corrected chi connectivity index (χ2v) is 8.03. The van der Waals surface area contributed by atoms with E-state index in [1.165, 1.54) is 12.8 Å². The van der Waals surface area contributed by atoms with Crippen LogP contribution in [-0.4, -0.2) is 33.7 Å². The fourth-order valence-electron chi connectivity index (χ4n) is 4.05. The number of likely N-dealkylation sites (tertiary alicyclic amines) is 1. The Bertz CT molecular complexity index is 1090. The van der Waals surface area contributed by atoms with E-state index in [4.69, 9.17) is 0 Å². The number of carbonyl (C=O) groups excluding carboxylic acids is 1. The highest BCUT2D eigenvalue weighted by Crippen LogP contribution is 2.38. The number of rotatable bonds is 5. The maximum atomic E-state index is 12.7. The van der Waals surface area contributed by atoms with Gasteiger partial charge in [0, 0.05) is 31.0 Å². The Morgan fingerprint density at radius 3 is 2.61 bits per heavy atom. The van der Waals surface area contributed by atoms with Crippen molar-refractivity contribution in [3.8, 4) is 0 Å². The first-order valence-corrected chi connectivity index (χ1v) is 10.00. The van der Waals surface area contributed by atoms with Crippen LogP contribution in [0.3, 0.4) is 0 Å². The number of aromatic nitrogens is 2. The van der Waals surface area contributed by atoms with Crippen LogP contribution in [0.25, 0.3) is 10.8 Å². The highest BCUT2D eigenvalue weighted by molar-refractivity contribution is 5.90. The van der Waals surface area contributed by atoms with Crippen molar-refractivity contribution < 1.29 is 4.79 Å². The fraction of sp³-hybridized carbons (Fsp3) is 0.348. The van der Waals surface area contributed by atoms with E-state index in [0.29, 0.717) is 37.9 Å². The summed E-state index contributed by atoms with van der Waals surface area (Å²) in [5, 5.41) is 6.83. The molecule has 1 saturated carbocycles. The molecule has 0 atom stereocenters. The number of benzene rings is 2. The second-order valence-electron chi connectivity index (χ2n) is 8.03. The lowest BCUT2D eigenvalue weighted by molar-refractivity contribution is -0.137. The van der Waals surface area contributed by atoms with Crippen LogP contribution in [0.5, 0.6) is 0 Å². The van der Waals surface area contributed by atoms with Crippen molar-refractivity contribution in [3.63, 3.8) is 0 Å². The van der Waals surface area contributed by atoms with Gasteiger partial charge in [-0.1, -0.05) is 42.5 Å². The van der Waals surface area contributed by atoms with Crippen LogP contribution in [0.2, 0.25) is 0 Å². The number of hydrogen-bond acceptors (Lipinski definition) is 3. The molecular formula is C23H23N3O2. The molecule has 0 bridgehead atoms. The molecule has 1 aliphatic carbocycles. The lowest BCUT2D eigenvalue weighted by atomic mass is 9.97. The number of fused-ring (bicyclic) bond motifs is 1. The van der Waals surface area contributed by atoms with Crippen molar-refractivity contribution in [2.45, 2.75) is 31.7 Å². The Labute approximate surface area is 163 Å². The summed E-state index contributed by atoms with van der Waals surface area (Å²) < 4.78 is 1.59. The second kappa shape index (κ2) is 6.89. The number of carbonyl (C=O) groups is 1. The minimum Gasteiger partial charge on any atom is -0.342 e. The average molecular weight is 373 g/mol. The Morgan fingerprint density at radius 2 is 1.79 bits per heavy atom. The van der Waals surface area contributed by atoms with Crippen molar-refractivity contribution >= 4 is 16.7 Å². The lowest BCUT2D eigenvalue weighted by Gasteiger charge is -2.39. The molecule has 2 aliphatic rings. The summed E-state index contributed by atoms with van der Waals surface area (Å²) in [6, 6.07) is 17.8. The zero-order valence-electron chi connectivity index (χ0n) is 15.8. The van der Waals surface area contributed by atoms with E-state index in [0.717, 1.165) is 22.0 Å². The quantitative estimate of drug-likeness (QED) is 0.691. The van der Waals surface area contributed by atoms with Gasteiger partial charge in [0.05, 0.1) is 18.7 Å². The van der Waals surface area contributed by atoms with E-state index in [9.17, 15) is 9.59 Å². The maximum Gasteiger partial charge on any atom is 0.266 e. The third kappa shape index (κ3) is 3.33. The molecule has 5 rings (SSSR count). The van der Waals surface area contributed by atoms with Crippen molar-refractivity contribution in [2.75, 3.05) is 13.1 Å². The molecule has 0 spiro atoms. The van der Waals surface area contributed by atoms with E-state index < -0.39 is 0 Å². The largest absolute Gasteiger partial charge is 0.342 e. The van der Waals surface area contributed by atoms with Crippen LogP contribution in [0.1, 0.15) is 30.0 Å². The standard InChI is InChI=1S/C23H23N3O2/c27-22-11-10-21(18-8-9-18)24-26(22)15-16-13-25(14-16)23(28)12-19-6-3-5-17-4-1-2-7-20(17)19/h1-7,10-11,16,18H,8-9,12-15H2. The van der Waals surface area contributed by atoms with E-state index in [1.807, 2.05) is 35.2 Å². The summed E-state index contributed by atoms with van der Waals surface area (Å²) in [5.41, 5.74) is 2.05. The predicted molar refractivity (Wildman–Crippen MR) is 108 cm³/mol. The van der Waals surface area contributed by atoms with Gasteiger partial charge in [-0.15, -0.1) is 0 Å². The van der Waals surface area contributed by atoms with Gasteiger partial charge in [-0.2, -0.15) is 5.10 Å². The molecule has 5 heteroatoms. The molecule has 142 valence electrons. The Morgan fingerprint density at radius 1 is 1.00 bits per heavy atom. The van der Waals surface area contributed by atoms with Crippen molar-refractivity contribution in [3.05, 3.63) is 76.2 Å². The molecule has 28 heavy (non-hydrogen) atoms. The molecule has 2 fully saturated rings. The van der Waals surface area contributed by atoms with E-state index >= 15 is 0 Å². The predicted octanol–water partition coefficient (Wildman–Crippen LogP) is 2.98. The Hall–Kier alpha value is -2.95. The molecular weight excluding hydrogens is 350 g/mol. The molecule has 1 aliphatic heterocycles. The lowest BCUT2D eigenvalue weighted by Crippen LogP contribution is -2.52. The Balaban J connectivity index is 1.22. The van der Waals surface area contributed by atoms with E-state index in [-0.39, 0.29) is 11.5 Å². The minimum absolute atomic E-state index is 0.0510. The van der Waals surface area contributed by atoms with Crippen LogP contribution in [0, 0.1) is 5.92 Å². The first kappa shape index (κ1) is 17.2. The third-order valence-corrected chi connectivity index (χ3v) is 5.85. The zero-order valence-corrected chi connectivity index (χ0v) is 15.8. The van der Waals surface area contributed by atoms with Gasteiger partial charge >= 0.3 is 0 Å². The van der Waals surface area contributed by atoms with Gasteiger partial charge in [-0.25, -0.2) is 4.68 Å². The molecule has 3 aromatic rings. The van der Waals surface area contributed by atoms with Gasteiger partial charge in [0.1, 0.15) is 0 Å². The number of amides is 1. The van der Waals surface area contributed by atoms with Crippen molar-refractivity contribution in [2.24, 2.45) is 5.92 Å². The number of hydrogen-bond donors (Lipinski definition) is 0. The van der Waals surface area contributed by atoms with Gasteiger partial charge < -0.3 is 4.90 Å². The van der Waals surface area contributed by atoms with Gasteiger partial charge in [0.25, 0.3) is 5.56 Å². The first-order chi connectivity index (χ1) is 13.7. The molecule has 2 heterocycles. The summed E-state index contributed by atoms with van der Waals surface area (Å²) >= 11 is 0. The van der Waals surface area contributed by atoms with Gasteiger partial charge in [-0.3, -0.25) is 9.59 Å². The monoisotopic (exact) mass is 373 g/mol. The molecule has 1 amide bonds. The zero-order chi connectivity index (χ0) is 19.1.